The molecule has 0 aliphatic rings. The summed E-state index contributed by atoms with van der Waals surface area (Å²) in [7, 11) is 0. The van der Waals surface area contributed by atoms with Gasteiger partial charge in [0.2, 0.25) is 0 Å². The molecule has 5 nitrogen and oxygen atoms in total. The van der Waals surface area contributed by atoms with Gasteiger partial charge in [0.25, 0.3) is 0 Å². The Kier molecular flexibility index (Phi) is 6.86. The van der Waals surface area contributed by atoms with Crippen LogP contribution in [-0.4, -0.2) is 17.2 Å². The van der Waals surface area contributed by atoms with E-state index in [1.807, 2.05) is 0 Å². The van der Waals surface area contributed by atoms with Crippen LogP contribution in [0.25, 0.3) is 0 Å². The highest BCUT2D eigenvalue weighted by molar-refractivity contribution is 6.39. The molecule has 2 aromatic rings. The van der Waals surface area contributed by atoms with Gasteiger partial charge in [0.1, 0.15) is 6.04 Å². The van der Waals surface area contributed by atoms with Gasteiger partial charge in [-0.15, -0.1) is 0 Å². The standard InChI is InChI=1S/C16H12Cl2F6N4O/c17-10-3-7(13(25)16(22,23)24)4-11(18)12(10)28-14(29)27-6-9-2-1-8(5-26-9)15(19,20)21/h1-5,13H,6,25H2,(H2,27,28,29). The Balaban J connectivity index is 2.04. The number of carbonyl (C=O) groups is 1. The van der Waals surface area contributed by atoms with E-state index < -0.39 is 35.6 Å². The van der Waals surface area contributed by atoms with E-state index in [0.29, 0.717) is 6.20 Å². The lowest BCUT2D eigenvalue weighted by Crippen LogP contribution is -2.30. The fourth-order valence-corrected chi connectivity index (χ4v) is 2.70. The number of hydrogen-bond acceptors (Lipinski definition) is 3. The number of halogens is 8. The summed E-state index contributed by atoms with van der Waals surface area (Å²) >= 11 is 11.8. The van der Waals surface area contributed by atoms with Crippen molar-refractivity contribution in [1.29, 1.82) is 0 Å². The highest BCUT2D eigenvalue weighted by Crippen LogP contribution is 2.37. The third kappa shape index (κ3) is 6.12. The Morgan fingerprint density at radius 3 is 2.14 bits per heavy atom. The minimum atomic E-state index is -4.71. The maximum absolute atomic E-state index is 12.7. The normalized spacial score (nSPS) is 13.1. The molecule has 1 aromatic heterocycles. The molecular formula is C16H12Cl2F6N4O. The van der Waals surface area contributed by atoms with Crippen molar-refractivity contribution >= 4 is 34.9 Å². The zero-order valence-electron chi connectivity index (χ0n) is 14.1. The van der Waals surface area contributed by atoms with Gasteiger partial charge >= 0.3 is 18.4 Å². The first-order chi connectivity index (χ1) is 13.3. The molecule has 0 aliphatic carbocycles. The van der Waals surface area contributed by atoms with E-state index in [9.17, 15) is 31.1 Å². The number of pyridine rings is 1. The van der Waals surface area contributed by atoms with Crippen molar-refractivity contribution in [3.63, 3.8) is 0 Å². The number of carbonyl (C=O) groups excluding carboxylic acids is 1. The van der Waals surface area contributed by atoms with Crippen molar-refractivity contribution in [3.8, 4) is 0 Å². The molecule has 29 heavy (non-hydrogen) atoms. The van der Waals surface area contributed by atoms with Gasteiger partial charge in [-0.25, -0.2) is 4.79 Å². The summed E-state index contributed by atoms with van der Waals surface area (Å²) in [4.78, 5) is 15.5. The molecule has 0 fully saturated rings. The lowest BCUT2D eigenvalue weighted by atomic mass is 10.1. The van der Waals surface area contributed by atoms with Crippen molar-refractivity contribution in [2.24, 2.45) is 5.73 Å². The van der Waals surface area contributed by atoms with Gasteiger partial charge < -0.3 is 16.4 Å². The van der Waals surface area contributed by atoms with Gasteiger partial charge in [-0.2, -0.15) is 26.3 Å². The molecule has 1 unspecified atom stereocenters. The van der Waals surface area contributed by atoms with E-state index >= 15 is 0 Å². The van der Waals surface area contributed by atoms with Crippen LogP contribution in [0.4, 0.5) is 36.8 Å². The number of anilines is 1. The van der Waals surface area contributed by atoms with Crippen molar-refractivity contribution in [1.82, 2.24) is 10.3 Å². The summed E-state index contributed by atoms with van der Waals surface area (Å²) in [6.45, 7) is -0.226. The molecule has 2 rings (SSSR count). The Bertz CT molecular complexity index is 863. The van der Waals surface area contributed by atoms with Gasteiger partial charge in [0.15, 0.2) is 0 Å². The molecule has 0 spiro atoms. The van der Waals surface area contributed by atoms with Gasteiger partial charge in [0, 0.05) is 6.20 Å². The molecule has 158 valence electrons. The van der Waals surface area contributed by atoms with Crippen LogP contribution in [0.3, 0.4) is 0 Å². The SMILES string of the molecule is NC(c1cc(Cl)c(NC(=O)NCc2ccc(C(F)(F)F)cn2)c(Cl)c1)C(F)(F)F. The molecule has 1 atom stereocenters. The number of hydrogen-bond donors (Lipinski definition) is 3. The van der Waals surface area contributed by atoms with Crippen LogP contribution in [0.15, 0.2) is 30.5 Å². The molecule has 1 aromatic carbocycles. The van der Waals surface area contributed by atoms with E-state index in [1.165, 1.54) is 0 Å². The first-order valence-electron chi connectivity index (χ1n) is 7.67. The van der Waals surface area contributed by atoms with Crippen LogP contribution in [0, 0.1) is 0 Å². The van der Waals surface area contributed by atoms with E-state index in [2.05, 4.69) is 15.6 Å². The second-order valence-corrected chi connectivity index (χ2v) is 6.54. The summed E-state index contributed by atoms with van der Waals surface area (Å²) in [6, 6.07) is 0.542. The Hall–Kier alpha value is -2.24. The Morgan fingerprint density at radius 2 is 1.69 bits per heavy atom. The van der Waals surface area contributed by atoms with Crippen LogP contribution in [-0.2, 0) is 12.7 Å². The number of alkyl halides is 6. The van der Waals surface area contributed by atoms with E-state index in [0.717, 1.165) is 24.3 Å². The lowest BCUT2D eigenvalue weighted by Gasteiger charge is -2.18. The van der Waals surface area contributed by atoms with Gasteiger partial charge in [-0.05, 0) is 29.8 Å². The van der Waals surface area contributed by atoms with Crippen molar-refractivity contribution in [3.05, 3.63) is 57.3 Å². The molecule has 13 heteroatoms. The molecule has 1 heterocycles. The summed E-state index contributed by atoms with van der Waals surface area (Å²) in [5, 5.41) is 3.99. The average molecular weight is 461 g/mol. The van der Waals surface area contributed by atoms with Gasteiger partial charge in [0.05, 0.1) is 33.5 Å². The quantitative estimate of drug-likeness (QED) is 0.542. The third-order valence-corrected chi connectivity index (χ3v) is 4.19. The highest BCUT2D eigenvalue weighted by Gasteiger charge is 2.38. The van der Waals surface area contributed by atoms with Crippen LogP contribution in [0.2, 0.25) is 10.0 Å². The predicted molar refractivity (Wildman–Crippen MR) is 94.5 cm³/mol. The molecule has 2 amide bonds. The maximum atomic E-state index is 12.7. The number of nitrogens with one attached hydrogen (secondary N) is 2. The van der Waals surface area contributed by atoms with Crippen molar-refractivity contribution in [2.75, 3.05) is 5.32 Å². The average Bonchev–Trinajstić information content (AvgIpc) is 2.61. The van der Waals surface area contributed by atoms with Crippen molar-refractivity contribution in [2.45, 2.75) is 24.9 Å². The molecule has 4 N–H and O–H groups in total. The number of aromatic nitrogens is 1. The minimum absolute atomic E-state index is 0.136. The summed E-state index contributed by atoms with van der Waals surface area (Å²) in [6.07, 6.45) is -8.64. The number of amides is 2. The molecule has 0 bridgehead atoms. The van der Waals surface area contributed by atoms with Crippen LogP contribution in [0.1, 0.15) is 22.9 Å². The number of benzene rings is 1. The number of urea groups is 1. The minimum Gasteiger partial charge on any atom is -0.332 e. The molecule has 0 radical (unpaired) electrons. The smallest absolute Gasteiger partial charge is 0.332 e. The second-order valence-electron chi connectivity index (χ2n) is 5.72. The predicted octanol–water partition coefficient (Wildman–Crippen LogP) is 5.29. The maximum Gasteiger partial charge on any atom is 0.417 e. The third-order valence-electron chi connectivity index (χ3n) is 3.60. The fourth-order valence-electron chi connectivity index (χ4n) is 2.11. The van der Waals surface area contributed by atoms with Crippen LogP contribution in [0.5, 0.6) is 0 Å². The first-order valence-corrected chi connectivity index (χ1v) is 8.43. The Morgan fingerprint density at radius 1 is 1.10 bits per heavy atom. The number of nitrogens with zero attached hydrogens (tertiary/aromatic N) is 1. The van der Waals surface area contributed by atoms with Gasteiger partial charge in [-0.1, -0.05) is 23.2 Å². The molecule has 0 saturated carbocycles. The van der Waals surface area contributed by atoms with Crippen LogP contribution >= 0.6 is 23.2 Å². The summed E-state index contributed by atoms with van der Waals surface area (Å²) in [5.41, 5.74) is 3.73. The Labute approximate surface area is 170 Å². The summed E-state index contributed by atoms with van der Waals surface area (Å²) in [5.74, 6) is 0. The highest BCUT2D eigenvalue weighted by atomic mass is 35.5. The fraction of sp³-hybridized carbons (Fsp3) is 0.250. The van der Waals surface area contributed by atoms with Crippen LogP contribution < -0.4 is 16.4 Å². The molecular weight excluding hydrogens is 449 g/mol. The van der Waals surface area contributed by atoms with E-state index in [4.69, 9.17) is 28.9 Å². The zero-order valence-corrected chi connectivity index (χ0v) is 15.6. The van der Waals surface area contributed by atoms with Gasteiger partial charge in [-0.3, -0.25) is 4.98 Å². The molecule has 0 aliphatic heterocycles. The number of rotatable bonds is 4. The number of nitrogens with two attached hydrogens (primary N) is 1. The zero-order chi connectivity index (χ0) is 22.0. The largest absolute Gasteiger partial charge is 0.417 e. The first kappa shape index (κ1) is 23.0. The molecule has 0 saturated heterocycles. The monoisotopic (exact) mass is 460 g/mol. The van der Waals surface area contributed by atoms with E-state index in [1.54, 1.807) is 0 Å². The topological polar surface area (TPSA) is 80.0 Å². The lowest BCUT2D eigenvalue weighted by molar-refractivity contribution is -0.149. The van der Waals surface area contributed by atoms with Crippen molar-refractivity contribution < 1.29 is 31.1 Å². The summed E-state index contributed by atoms with van der Waals surface area (Å²) < 4.78 is 75.5. The van der Waals surface area contributed by atoms with E-state index in [-0.39, 0.29) is 28.0 Å². The second kappa shape index (κ2) is 8.64.